The number of nitrogens with two attached hydrogens (primary N) is 1. The summed E-state index contributed by atoms with van der Waals surface area (Å²) in [6.07, 6.45) is 2.04. The molecule has 82 valence electrons. The largest absolute Gasteiger partial charge is 0.496 e. The minimum atomic E-state index is -0.224. The molecule has 1 aliphatic rings. The monoisotopic (exact) mass is 209 g/mol. The van der Waals surface area contributed by atoms with E-state index < -0.39 is 0 Å². The molecule has 0 aromatic heterocycles. The third-order valence-electron chi connectivity index (χ3n) is 3.36. The van der Waals surface area contributed by atoms with Gasteiger partial charge in [0.15, 0.2) is 0 Å². The van der Waals surface area contributed by atoms with Crippen LogP contribution in [0, 0.1) is 5.82 Å². The molecule has 0 bridgehead atoms. The van der Waals surface area contributed by atoms with E-state index in [1.807, 2.05) is 6.92 Å². The maximum absolute atomic E-state index is 13.2. The van der Waals surface area contributed by atoms with Crippen LogP contribution in [0.3, 0.4) is 0 Å². The number of benzene rings is 1. The maximum atomic E-state index is 13.2. The molecular weight excluding hydrogens is 193 g/mol. The highest BCUT2D eigenvalue weighted by atomic mass is 19.1. The fraction of sp³-hybridized carbons (Fsp3) is 0.500. The van der Waals surface area contributed by atoms with E-state index >= 15 is 0 Å². The van der Waals surface area contributed by atoms with Crippen molar-refractivity contribution in [1.29, 1.82) is 0 Å². The van der Waals surface area contributed by atoms with Crippen LogP contribution in [0.1, 0.15) is 25.3 Å². The van der Waals surface area contributed by atoms with Crippen LogP contribution in [-0.4, -0.2) is 13.2 Å². The maximum Gasteiger partial charge on any atom is 0.123 e. The highest BCUT2D eigenvalue weighted by molar-refractivity contribution is 5.44. The first kappa shape index (κ1) is 10.4. The van der Waals surface area contributed by atoms with E-state index in [0.717, 1.165) is 24.2 Å². The predicted octanol–water partition coefficient (Wildman–Crippen LogP) is 2.21. The standard InChI is InChI=1S/C12H16FNO/c1-8(14)12(5-6-12)10-7-9(13)3-4-11(10)15-2/h3-4,7-8H,5-6,14H2,1-2H3. The second kappa shape index (κ2) is 3.49. The lowest BCUT2D eigenvalue weighted by Gasteiger charge is -2.22. The van der Waals surface area contributed by atoms with E-state index in [-0.39, 0.29) is 17.3 Å². The number of methoxy groups -OCH3 is 1. The molecule has 0 radical (unpaired) electrons. The van der Waals surface area contributed by atoms with Crippen LogP contribution in [0.2, 0.25) is 0 Å². The van der Waals surface area contributed by atoms with Gasteiger partial charge in [0.05, 0.1) is 7.11 Å². The minimum Gasteiger partial charge on any atom is -0.496 e. The molecule has 2 N–H and O–H groups in total. The molecule has 1 unspecified atom stereocenters. The van der Waals surface area contributed by atoms with Crippen molar-refractivity contribution in [2.24, 2.45) is 5.73 Å². The highest BCUT2D eigenvalue weighted by Gasteiger charge is 2.49. The fourth-order valence-electron chi connectivity index (χ4n) is 2.17. The Balaban J connectivity index is 2.46. The first-order chi connectivity index (χ1) is 7.10. The van der Waals surface area contributed by atoms with Gasteiger partial charge in [0, 0.05) is 17.0 Å². The lowest BCUT2D eigenvalue weighted by molar-refractivity contribution is 0.396. The SMILES string of the molecule is COc1ccc(F)cc1C1(C(C)N)CC1. The number of hydrogen-bond donors (Lipinski definition) is 1. The molecule has 1 aliphatic carbocycles. The Labute approximate surface area is 89.2 Å². The van der Waals surface area contributed by atoms with Gasteiger partial charge >= 0.3 is 0 Å². The number of ether oxygens (including phenoxy) is 1. The van der Waals surface area contributed by atoms with Gasteiger partial charge in [-0.3, -0.25) is 0 Å². The molecule has 15 heavy (non-hydrogen) atoms. The third kappa shape index (κ3) is 1.61. The Morgan fingerprint density at radius 2 is 2.13 bits per heavy atom. The Kier molecular flexibility index (Phi) is 2.43. The molecule has 2 nitrogen and oxygen atoms in total. The molecule has 0 saturated heterocycles. The molecule has 1 saturated carbocycles. The second-order valence-corrected chi connectivity index (χ2v) is 4.29. The molecule has 2 rings (SSSR count). The van der Waals surface area contributed by atoms with Crippen molar-refractivity contribution in [2.75, 3.05) is 7.11 Å². The Morgan fingerprint density at radius 1 is 1.47 bits per heavy atom. The molecule has 1 aromatic rings. The summed E-state index contributed by atoms with van der Waals surface area (Å²) in [5, 5.41) is 0. The average Bonchev–Trinajstić information content (AvgIpc) is 2.98. The summed E-state index contributed by atoms with van der Waals surface area (Å²) in [5.41, 5.74) is 6.81. The van der Waals surface area contributed by atoms with Gasteiger partial charge < -0.3 is 10.5 Å². The number of hydrogen-bond acceptors (Lipinski definition) is 2. The van der Waals surface area contributed by atoms with E-state index in [2.05, 4.69) is 0 Å². The number of rotatable bonds is 3. The fourth-order valence-corrected chi connectivity index (χ4v) is 2.17. The Hall–Kier alpha value is -1.09. The van der Waals surface area contributed by atoms with Crippen molar-refractivity contribution < 1.29 is 9.13 Å². The van der Waals surface area contributed by atoms with Gasteiger partial charge in [0.1, 0.15) is 11.6 Å². The lowest BCUT2D eigenvalue weighted by Crippen LogP contribution is -2.32. The molecular formula is C12H16FNO. The normalized spacial score (nSPS) is 19.7. The number of halogens is 1. The van der Waals surface area contributed by atoms with Crippen molar-refractivity contribution in [1.82, 2.24) is 0 Å². The molecule has 0 spiro atoms. The molecule has 1 aromatic carbocycles. The summed E-state index contributed by atoms with van der Waals surface area (Å²) in [6.45, 7) is 1.97. The zero-order chi connectivity index (χ0) is 11.1. The Bertz CT molecular complexity index is 372. The molecule has 0 heterocycles. The first-order valence-corrected chi connectivity index (χ1v) is 5.20. The quantitative estimate of drug-likeness (QED) is 0.828. The van der Waals surface area contributed by atoms with Gasteiger partial charge in [0.25, 0.3) is 0 Å². The lowest BCUT2D eigenvalue weighted by atomic mass is 9.88. The topological polar surface area (TPSA) is 35.2 Å². The zero-order valence-corrected chi connectivity index (χ0v) is 9.09. The van der Waals surface area contributed by atoms with Gasteiger partial charge in [0.2, 0.25) is 0 Å². The van der Waals surface area contributed by atoms with Crippen LogP contribution < -0.4 is 10.5 Å². The van der Waals surface area contributed by atoms with Crippen LogP contribution in [0.5, 0.6) is 5.75 Å². The van der Waals surface area contributed by atoms with Crippen molar-refractivity contribution >= 4 is 0 Å². The highest BCUT2D eigenvalue weighted by Crippen LogP contribution is 2.53. The van der Waals surface area contributed by atoms with Crippen molar-refractivity contribution in [3.8, 4) is 5.75 Å². The molecule has 3 heteroatoms. The van der Waals surface area contributed by atoms with E-state index in [1.165, 1.54) is 6.07 Å². The summed E-state index contributed by atoms with van der Waals surface area (Å²) in [6, 6.07) is 4.68. The van der Waals surface area contributed by atoms with E-state index in [4.69, 9.17) is 10.5 Å². The summed E-state index contributed by atoms with van der Waals surface area (Å²) in [7, 11) is 1.61. The minimum absolute atomic E-state index is 0.0354. The van der Waals surface area contributed by atoms with Gasteiger partial charge in [-0.05, 0) is 38.0 Å². The van der Waals surface area contributed by atoms with Crippen LogP contribution in [-0.2, 0) is 5.41 Å². The Morgan fingerprint density at radius 3 is 2.60 bits per heavy atom. The molecule has 1 atom stereocenters. The van der Waals surface area contributed by atoms with Crippen LogP contribution in [0.15, 0.2) is 18.2 Å². The predicted molar refractivity (Wildman–Crippen MR) is 57.5 cm³/mol. The zero-order valence-electron chi connectivity index (χ0n) is 9.09. The smallest absolute Gasteiger partial charge is 0.123 e. The van der Waals surface area contributed by atoms with Crippen LogP contribution in [0.25, 0.3) is 0 Å². The van der Waals surface area contributed by atoms with Gasteiger partial charge in [-0.2, -0.15) is 0 Å². The van der Waals surface area contributed by atoms with Crippen molar-refractivity contribution in [3.05, 3.63) is 29.6 Å². The summed E-state index contributed by atoms with van der Waals surface area (Å²) >= 11 is 0. The first-order valence-electron chi connectivity index (χ1n) is 5.20. The third-order valence-corrected chi connectivity index (χ3v) is 3.36. The van der Waals surface area contributed by atoms with Gasteiger partial charge in [-0.1, -0.05) is 0 Å². The molecule has 0 aliphatic heterocycles. The summed E-state index contributed by atoms with van der Waals surface area (Å²) in [5.74, 6) is 0.518. The van der Waals surface area contributed by atoms with Gasteiger partial charge in [-0.15, -0.1) is 0 Å². The summed E-state index contributed by atoms with van der Waals surface area (Å²) < 4.78 is 18.5. The van der Waals surface area contributed by atoms with Crippen LogP contribution >= 0.6 is 0 Å². The van der Waals surface area contributed by atoms with Gasteiger partial charge in [-0.25, -0.2) is 4.39 Å². The van der Waals surface area contributed by atoms with Crippen LogP contribution in [0.4, 0.5) is 4.39 Å². The second-order valence-electron chi connectivity index (χ2n) is 4.29. The molecule has 1 fully saturated rings. The average molecular weight is 209 g/mol. The summed E-state index contributed by atoms with van der Waals surface area (Å²) in [4.78, 5) is 0. The van der Waals surface area contributed by atoms with E-state index in [1.54, 1.807) is 19.2 Å². The van der Waals surface area contributed by atoms with Crippen molar-refractivity contribution in [3.63, 3.8) is 0 Å². The molecule has 0 amide bonds. The van der Waals surface area contributed by atoms with E-state index in [9.17, 15) is 4.39 Å². The van der Waals surface area contributed by atoms with Crippen molar-refractivity contribution in [2.45, 2.75) is 31.2 Å². The van der Waals surface area contributed by atoms with E-state index in [0.29, 0.717) is 0 Å².